The monoisotopic (exact) mass is 394 g/mol. The molecule has 3 aromatic heterocycles. The molecule has 0 radical (unpaired) electrons. The summed E-state index contributed by atoms with van der Waals surface area (Å²) in [5.41, 5.74) is 2.32. The van der Waals surface area contributed by atoms with Crippen molar-refractivity contribution in [2.45, 2.75) is 20.0 Å². The molecule has 4 nitrogen and oxygen atoms in total. The molecule has 0 unspecified atom stereocenters. The summed E-state index contributed by atoms with van der Waals surface area (Å²) < 4.78 is 0. The number of aromatic amines is 1. The van der Waals surface area contributed by atoms with E-state index in [0.29, 0.717) is 17.0 Å². The van der Waals surface area contributed by atoms with Gasteiger partial charge in [-0.3, -0.25) is 9.59 Å². The van der Waals surface area contributed by atoms with Gasteiger partial charge in [0.1, 0.15) is 0 Å². The number of pyridine rings is 1. The number of nitrogens with zero attached hydrogens (tertiary/aromatic N) is 1. The van der Waals surface area contributed by atoms with Gasteiger partial charge in [-0.25, -0.2) is 0 Å². The molecule has 0 aliphatic heterocycles. The second kappa shape index (κ2) is 7.50. The van der Waals surface area contributed by atoms with E-state index in [-0.39, 0.29) is 18.0 Å². The molecule has 4 aromatic rings. The van der Waals surface area contributed by atoms with Crippen LogP contribution in [0, 0.1) is 6.92 Å². The van der Waals surface area contributed by atoms with Gasteiger partial charge >= 0.3 is 0 Å². The van der Waals surface area contributed by atoms with Crippen LogP contribution in [0.4, 0.5) is 0 Å². The molecule has 0 bridgehead atoms. The van der Waals surface area contributed by atoms with Crippen molar-refractivity contribution in [3.05, 3.63) is 90.5 Å². The zero-order valence-electron chi connectivity index (χ0n) is 14.8. The van der Waals surface area contributed by atoms with Gasteiger partial charge in [-0.1, -0.05) is 30.3 Å². The summed E-state index contributed by atoms with van der Waals surface area (Å²) in [6, 6.07) is 15.5. The molecule has 1 aromatic carbocycles. The van der Waals surface area contributed by atoms with E-state index in [1.54, 1.807) is 16.2 Å². The van der Waals surface area contributed by atoms with E-state index in [2.05, 4.69) is 4.98 Å². The second-order valence-electron chi connectivity index (χ2n) is 6.38. The molecule has 0 saturated heterocycles. The topological polar surface area (TPSA) is 53.2 Å². The number of fused-ring (bicyclic) bond motifs is 1. The molecule has 0 aliphatic rings. The SMILES string of the molecule is Cc1cccc2cc(CN(Cc3cccs3)C(=O)c3cccs3)c(=O)[nH]c12. The van der Waals surface area contributed by atoms with Gasteiger partial charge in [0.25, 0.3) is 11.5 Å². The third-order valence-electron chi connectivity index (χ3n) is 4.47. The van der Waals surface area contributed by atoms with Gasteiger partial charge in [-0.15, -0.1) is 22.7 Å². The lowest BCUT2D eigenvalue weighted by Crippen LogP contribution is -2.31. The molecule has 0 fully saturated rings. The number of carbonyl (C=O) groups excluding carboxylic acids is 1. The summed E-state index contributed by atoms with van der Waals surface area (Å²) in [6.45, 7) is 2.73. The molecule has 27 heavy (non-hydrogen) atoms. The van der Waals surface area contributed by atoms with E-state index in [1.807, 2.05) is 66.2 Å². The van der Waals surface area contributed by atoms with E-state index in [0.717, 1.165) is 21.3 Å². The molecule has 3 heterocycles. The second-order valence-corrected chi connectivity index (χ2v) is 8.36. The van der Waals surface area contributed by atoms with E-state index < -0.39 is 0 Å². The molecule has 0 saturated carbocycles. The zero-order valence-corrected chi connectivity index (χ0v) is 16.4. The number of rotatable bonds is 5. The lowest BCUT2D eigenvalue weighted by Gasteiger charge is -2.21. The maximum Gasteiger partial charge on any atom is 0.264 e. The molecule has 0 atom stereocenters. The normalized spacial score (nSPS) is 11.0. The summed E-state index contributed by atoms with van der Waals surface area (Å²) in [6.07, 6.45) is 0. The van der Waals surface area contributed by atoms with Gasteiger partial charge in [-0.05, 0) is 46.8 Å². The predicted octanol–water partition coefficient (Wildman–Crippen LogP) is 4.80. The number of thiophene rings is 2. The first-order chi connectivity index (χ1) is 13.1. The van der Waals surface area contributed by atoms with Crippen LogP contribution >= 0.6 is 22.7 Å². The van der Waals surface area contributed by atoms with Crippen LogP contribution in [0.3, 0.4) is 0 Å². The highest BCUT2D eigenvalue weighted by molar-refractivity contribution is 7.12. The quantitative estimate of drug-likeness (QED) is 0.528. The van der Waals surface area contributed by atoms with Crippen molar-refractivity contribution < 1.29 is 4.79 Å². The largest absolute Gasteiger partial charge is 0.328 e. The van der Waals surface area contributed by atoms with Crippen molar-refractivity contribution in [1.29, 1.82) is 0 Å². The minimum atomic E-state index is -0.146. The Morgan fingerprint density at radius 2 is 1.85 bits per heavy atom. The summed E-state index contributed by atoms with van der Waals surface area (Å²) >= 11 is 3.03. The van der Waals surface area contributed by atoms with Crippen molar-refractivity contribution >= 4 is 39.5 Å². The standard InChI is InChI=1S/C21H18N2O2S2/c1-14-5-2-6-15-11-16(20(24)22-19(14)15)12-23(13-17-7-3-9-26-17)21(25)18-8-4-10-27-18/h2-11H,12-13H2,1H3,(H,22,24). The van der Waals surface area contributed by atoms with E-state index in [9.17, 15) is 9.59 Å². The Balaban J connectivity index is 1.70. The van der Waals surface area contributed by atoms with E-state index >= 15 is 0 Å². The molecular weight excluding hydrogens is 376 g/mol. The van der Waals surface area contributed by atoms with Gasteiger partial charge in [-0.2, -0.15) is 0 Å². The number of aryl methyl sites for hydroxylation is 1. The van der Waals surface area contributed by atoms with Crippen molar-refractivity contribution in [2.75, 3.05) is 0 Å². The fourth-order valence-electron chi connectivity index (χ4n) is 3.10. The molecular formula is C21H18N2O2S2. The van der Waals surface area contributed by atoms with Gasteiger partial charge in [0, 0.05) is 10.4 Å². The van der Waals surface area contributed by atoms with Crippen LogP contribution < -0.4 is 5.56 Å². The Morgan fingerprint density at radius 3 is 2.59 bits per heavy atom. The molecule has 1 amide bonds. The lowest BCUT2D eigenvalue weighted by molar-refractivity contribution is 0.0736. The average Bonchev–Trinajstić information content (AvgIpc) is 3.36. The molecule has 0 aliphatic carbocycles. The minimum Gasteiger partial charge on any atom is -0.328 e. The van der Waals surface area contributed by atoms with Gasteiger partial charge in [0.2, 0.25) is 0 Å². The first-order valence-electron chi connectivity index (χ1n) is 8.58. The number of amides is 1. The number of para-hydroxylation sites is 1. The maximum atomic E-state index is 13.0. The summed E-state index contributed by atoms with van der Waals surface area (Å²) in [5.74, 6) is -0.0536. The molecule has 6 heteroatoms. The van der Waals surface area contributed by atoms with Crippen LogP contribution in [0.5, 0.6) is 0 Å². The summed E-state index contributed by atoms with van der Waals surface area (Å²) in [5, 5.41) is 4.86. The molecule has 4 rings (SSSR count). The number of benzene rings is 1. The molecule has 1 N–H and O–H groups in total. The predicted molar refractivity (Wildman–Crippen MR) is 112 cm³/mol. The third-order valence-corrected chi connectivity index (χ3v) is 6.19. The van der Waals surface area contributed by atoms with Crippen LogP contribution in [-0.4, -0.2) is 15.8 Å². The lowest BCUT2D eigenvalue weighted by atomic mass is 10.1. The fraction of sp³-hybridized carbons (Fsp3) is 0.143. The number of nitrogens with one attached hydrogen (secondary N) is 1. The highest BCUT2D eigenvalue weighted by Gasteiger charge is 2.19. The highest BCUT2D eigenvalue weighted by Crippen LogP contribution is 2.20. The van der Waals surface area contributed by atoms with Crippen molar-refractivity contribution in [3.8, 4) is 0 Å². The van der Waals surface area contributed by atoms with Crippen LogP contribution in [0.15, 0.2) is 64.1 Å². The Labute approximate surface area is 164 Å². The number of hydrogen-bond donors (Lipinski definition) is 1. The first-order valence-corrected chi connectivity index (χ1v) is 10.3. The third kappa shape index (κ3) is 3.72. The average molecular weight is 395 g/mol. The van der Waals surface area contributed by atoms with Crippen LogP contribution in [0.25, 0.3) is 10.9 Å². The Bertz CT molecular complexity index is 1130. The van der Waals surface area contributed by atoms with Gasteiger partial charge < -0.3 is 9.88 Å². The van der Waals surface area contributed by atoms with Gasteiger partial charge in [0.05, 0.1) is 23.5 Å². The maximum absolute atomic E-state index is 13.0. The van der Waals surface area contributed by atoms with Crippen molar-refractivity contribution in [3.63, 3.8) is 0 Å². The van der Waals surface area contributed by atoms with E-state index in [1.165, 1.54) is 11.3 Å². The van der Waals surface area contributed by atoms with E-state index in [4.69, 9.17) is 0 Å². The highest BCUT2D eigenvalue weighted by atomic mass is 32.1. The Morgan fingerprint density at radius 1 is 1.04 bits per heavy atom. The first kappa shape index (κ1) is 17.7. The number of carbonyl (C=O) groups is 1. The molecule has 0 spiro atoms. The molecule has 136 valence electrons. The fourth-order valence-corrected chi connectivity index (χ4v) is 4.51. The van der Waals surface area contributed by atoms with Crippen molar-refractivity contribution in [2.24, 2.45) is 0 Å². The summed E-state index contributed by atoms with van der Waals surface area (Å²) in [4.78, 5) is 32.1. The Kier molecular flexibility index (Phi) is 4.92. The zero-order chi connectivity index (χ0) is 18.8. The number of aromatic nitrogens is 1. The van der Waals surface area contributed by atoms with Gasteiger partial charge in [0.15, 0.2) is 0 Å². The van der Waals surface area contributed by atoms with Crippen molar-refractivity contribution in [1.82, 2.24) is 9.88 Å². The van der Waals surface area contributed by atoms with Crippen LogP contribution in [0.1, 0.15) is 25.7 Å². The Hall–Kier alpha value is -2.70. The smallest absolute Gasteiger partial charge is 0.264 e. The van der Waals surface area contributed by atoms with Crippen LogP contribution in [-0.2, 0) is 13.1 Å². The number of hydrogen-bond acceptors (Lipinski definition) is 4. The number of H-pyrrole nitrogens is 1. The minimum absolute atomic E-state index is 0.0536. The summed E-state index contributed by atoms with van der Waals surface area (Å²) in [7, 11) is 0. The van der Waals surface area contributed by atoms with Crippen LogP contribution in [0.2, 0.25) is 0 Å².